The lowest BCUT2D eigenvalue weighted by molar-refractivity contribution is -0.0826. The number of ether oxygens (including phenoxy) is 6. The summed E-state index contributed by atoms with van der Waals surface area (Å²) in [6, 6.07) is 0. The van der Waals surface area contributed by atoms with E-state index >= 15 is 0 Å². The zero-order chi connectivity index (χ0) is 25.7. The second-order valence-electron chi connectivity index (χ2n) is 8.68. The van der Waals surface area contributed by atoms with E-state index in [1.54, 1.807) is 0 Å². The minimum atomic E-state index is -0.879. The SMILES string of the molecule is CCCCCCCCCCCCOC(COCCOCCOCCOCCO)COCC(O)CO. The van der Waals surface area contributed by atoms with E-state index in [1.807, 2.05) is 0 Å². The van der Waals surface area contributed by atoms with Crippen molar-refractivity contribution in [1.82, 2.24) is 0 Å². The van der Waals surface area contributed by atoms with Crippen LogP contribution in [0, 0.1) is 0 Å². The Kier molecular flexibility index (Phi) is 29.6. The third kappa shape index (κ3) is 28.1. The fourth-order valence-electron chi connectivity index (χ4n) is 3.31. The molecule has 0 fully saturated rings. The Labute approximate surface area is 213 Å². The van der Waals surface area contributed by atoms with Crippen LogP contribution in [0.15, 0.2) is 0 Å². The molecule has 0 amide bonds. The summed E-state index contributed by atoms with van der Waals surface area (Å²) in [5, 5.41) is 27.0. The largest absolute Gasteiger partial charge is 0.394 e. The van der Waals surface area contributed by atoms with Crippen molar-refractivity contribution in [2.75, 3.05) is 85.9 Å². The smallest absolute Gasteiger partial charge is 0.104 e. The number of aliphatic hydroxyl groups is 3. The first-order valence-corrected chi connectivity index (χ1v) is 13.6. The standard InChI is InChI=1S/C26H54O9/c1-2-3-4-5-6-7-8-9-10-11-13-35-26(24-34-22-25(29)21-28)23-33-20-19-32-18-17-31-16-15-30-14-12-27/h25-29H,2-24H2,1H3. The van der Waals surface area contributed by atoms with Gasteiger partial charge in [0.2, 0.25) is 0 Å². The van der Waals surface area contributed by atoms with Gasteiger partial charge in [-0.25, -0.2) is 0 Å². The van der Waals surface area contributed by atoms with Crippen LogP contribution < -0.4 is 0 Å². The highest BCUT2D eigenvalue weighted by molar-refractivity contribution is 4.58. The lowest BCUT2D eigenvalue weighted by Crippen LogP contribution is -2.29. The first-order valence-electron chi connectivity index (χ1n) is 13.6. The summed E-state index contributed by atoms with van der Waals surface area (Å²) in [5.41, 5.74) is 0. The molecule has 0 aromatic carbocycles. The van der Waals surface area contributed by atoms with Crippen molar-refractivity contribution >= 4 is 0 Å². The molecule has 0 aliphatic heterocycles. The zero-order valence-corrected chi connectivity index (χ0v) is 22.2. The minimum absolute atomic E-state index is 0.0189. The predicted octanol–water partition coefficient (Wildman–Crippen LogP) is 2.72. The maximum Gasteiger partial charge on any atom is 0.104 e. The summed E-state index contributed by atoms with van der Waals surface area (Å²) in [5.74, 6) is 0. The van der Waals surface area contributed by atoms with Gasteiger partial charge in [0.1, 0.15) is 12.2 Å². The number of unbranched alkanes of at least 4 members (excludes halogenated alkanes) is 9. The summed E-state index contributed by atoms with van der Waals surface area (Å²) in [7, 11) is 0. The van der Waals surface area contributed by atoms with E-state index in [0.717, 1.165) is 12.8 Å². The average molecular weight is 511 g/mol. The van der Waals surface area contributed by atoms with Gasteiger partial charge < -0.3 is 43.7 Å². The zero-order valence-electron chi connectivity index (χ0n) is 22.2. The van der Waals surface area contributed by atoms with E-state index in [1.165, 1.54) is 51.4 Å². The highest BCUT2D eigenvalue weighted by Gasteiger charge is 2.12. The van der Waals surface area contributed by atoms with Crippen molar-refractivity contribution in [3.63, 3.8) is 0 Å². The van der Waals surface area contributed by atoms with E-state index in [0.29, 0.717) is 66.1 Å². The fraction of sp³-hybridized carbons (Fsp3) is 1.00. The van der Waals surface area contributed by atoms with Crippen molar-refractivity contribution in [2.24, 2.45) is 0 Å². The Balaban J connectivity index is 3.76. The van der Waals surface area contributed by atoms with Crippen LogP contribution in [0.3, 0.4) is 0 Å². The molecule has 0 heterocycles. The minimum Gasteiger partial charge on any atom is -0.394 e. The molecule has 0 saturated heterocycles. The molecule has 0 aromatic rings. The molecule has 9 heteroatoms. The van der Waals surface area contributed by atoms with Gasteiger partial charge >= 0.3 is 0 Å². The average Bonchev–Trinajstić information content (AvgIpc) is 2.87. The summed E-state index contributed by atoms with van der Waals surface area (Å²) < 4.78 is 33.0. The third-order valence-electron chi connectivity index (χ3n) is 5.33. The molecule has 0 aromatic heterocycles. The van der Waals surface area contributed by atoms with Gasteiger partial charge in [-0.3, -0.25) is 0 Å². The second-order valence-corrected chi connectivity index (χ2v) is 8.68. The van der Waals surface area contributed by atoms with Crippen molar-refractivity contribution < 1.29 is 43.7 Å². The van der Waals surface area contributed by atoms with E-state index < -0.39 is 6.10 Å². The van der Waals surface area contributed by atoms with Crippen molar-refractivity contribution in [3.8, 4) is 0 Å². The molecule has 0 radical (unpaired) electrons. The number of rotatable bonds is 30. The van der Waals surface area contributed by atoms with E-state index in [9.17, 15) is 5.11 Å². The van der Waals surface area contributed by atoms with Gasteiger partial charge in [0.15, 0.2) is 0 Å². The molecule has 0 rings (SSSR count). The molecule has 212 valence electrons. The van der Waals surface area contributed by atoms with E-state index in [2.05, 4.69) is 6.92 Å². The molecule has 0 aliphatic rings. The summed E-state index contributed by atoms with van der Waals surface area (Å²) >= 11 is 0. The Morgan fingerprint density at radius 2 is 1.00 bits per heavy atom. The highest BCUT2D eigenvalue weighted by Crippen LogP contribution is 2.11. The van der Waals surface area contributed by atoms with Crippen LogP contribution in [0.25, 0.3) is 0 Å². The first kappa shape index (κ1) is 34.6. The number of aliphatic hydroxyl groups excluding tert-OH is 3. The molecule has 35 heavy (non-hydrogen) atoms. The molecule has 3 N–H and O–H groups in total. The van der Waals surface area contributed by atoms with Gasteiger partial charge in [0.05, 0.1) is 79.3 Å². The summed E-state index contributed by atoms with van der Waals surface area (Å²) in [6.45, 7) is 6.49. The Morgan fingerprint density at radius 3 is 1.54 bits per heavy atom. The van der Waals surface area contributed by atoms with Crippen LogP contribution in [-0.2, 0) is 28.4 Å². The molecular weight excluding hydrogens is 456 g/mol. The van der Waals surface area contributed by atoms with Crippen LogP contribution in [0.5, 0.6) is 0 Å². The van der Waals surface area contributed by atoms with Crippen LogP contribution in [0.1, 0.15) is 71.1 Å². The fourth-order valence-corrected chi connectivity index (χ4v) is 3.31. The Bertz CT molecular complexity index is 388. The highest BCUT2D eigenvalue weighted by atomic mass is 16.6. The van der Waals surface area contributed by atoms with Gasteiger partial charge in [-0.05, 0) is 6.42 Å². The lowest BCUT2D eigenvalue weighted by Gasteiger charge is -2.19. The normalized spacial score (nSPS) is 13.4. The van der Waals surface area contributed by atoms with Crippen molar-refractivity contribution in [1.29, 1.82) is 0 Å². The van der Waals surface area contributed by atoms with E-state index in [-0.39, 0.29) is 25.9 Å². The molecular formula is C26H54O9. The second kappa shape index (κ2) is 29.9. The number of hydrogen-bond acceptors (Lipinski definition) is 9. The summed E-state index contributed by atoms with van der Waals surface area (Å²) in [6.07, 6.45) is 11.7. The third-order valence-corrected chi connectivity index (χ3v) is 5.33. The van der Waals surface area contributed by atoms with Crippen LogP contribution in [-0.4, -0.2) is 113 Å². The molecule has 9 nitrogen and oxygen atoms in total. The van der Waals surface area contributed by atoms with Crippen molar-refractivity contribution in [3.05, 3.63) is 0 Å². The van der Waals surface area contributed by atoms with Gasteiger partial charge in [0, 0.05) is 6.61 Å². The van der Waals surface area contributed by atoms with Crippen LogP contribution in [0.2, 0.25) is 0 Å². The van der Waals surface area contributed by atoms with Crippen LogP contribution in [0.4, 0.5) is 0 Å². The topological polar surface area (TPSA) is 116 Å². The van der Waals surface area contributed by atoms with Crippen LogP contribution >= 0.6 is 0 Å². The van der Waals surface area contributed by atoms with Gasteiger partial charge in [-0.15, -0.1) is 0 Å². The number of hydrogen-bond donors (Lipinski definition) is 3. The maximum atomic E-state index is 9.45. The molecule has 0 bridgehead atoms. The molecule has 0 aliphatic carbocycles. The van der Waals surface area contributed by atoms with Gasteiger partial charge in [-0.2, -0.15) is 0 Å². The lowest BCUT2D eigenvalue weighted by atomic mass is 10.1. The quantitative estimate of drug-likeness (QED) is 0.125. The molecule has 0 saturated carbocycles. The monoisotopic (exact) mass is 510 g/mol. The van der Waals surface area contributed by atoms with Gasteiger partial charge in [-0.1, -0.05) is 64.7 Å². The van der Waals surface area contributed by atoms with E-state index in [4.69, 9.17) is 38.6 Å². The van der Waals surface area contributed by atoms with Crippen molar-refractivity contribution in [2.45, 2.75) is 83.3 Å². The predicted molar refractivity (Wildman–Crippen MR) is 136 cm³/mol. The Morgan fingerprint density at radius 1 is 0.514 bits per heavy atom. The molecule has 2 unspecified atom stereocenters. The Hall–Kier alpha value is -0.360. The molecule has 2 atom stereocenters. The maximum absolute atomic E-state index is 9.45. The molecule has 0 spiro atoms. The van der Waals surface area contributed by atoms with Gasteiger partial charge in [0.25, 0.3) is 0 Å². The first-order chi connectivity index (χ1) is 17.2. The summed E-state index contributed by atoms with van der Waals surface area (Å²) in [4.78, 5) is 0.